The number of benzene rings is 3. The fraction of sp³-hybridized carbons (Fsp3) is 0.185. The van der Waals surface area contributed by atoms with Gasteiger partial charge in [0.05, 0.1) is 32.8 Å². The predicted molar refractivity (Wildman–Crippen MR) is 146 cm³/mol. The molecule has 4 rings (SSSR count). The molecule has 2 N–H and O–H groups in total. The number of methoxy groups -OCH3 is 2. The van der Waals surface area contributed by atoms with Crippen LogP contribution in [0.25, 0.3) is 17.1 Å². The lowest BCUT2D eigenvalue weighted by Crippen LogP contribution is -2.20. The average molecular weight is 534 g/mol. The molecule has 10 nitrogen and oxygen atoms in total. The van der Waals surface area contributed by atoms with E-state index >= 15 is 0 Å². The van der Waals surface area contributed by atoms with Crippen molar-refractivity contribution in [3.63, 3.8) is 0 Å². The molecule has 11 heteroatoms. The number of aromatic nitrogens is 3. The molecule has 3 aromatic carbocycles. The van der Waals surface area contributed by atoms with Gasteiger partial charge in [0, 0.05) is 16.8 Å². The largest absolute Gasteiger partial charge is 0.502 e. The Kier molecular flexibility index (Phi) is 8.83. The quantitative estimate of drug-likeness (QED) is 0.166. The molecule has 0 saturated carbocycles. The van der Waals surface area contributed by atoms with Gasteiger partial charge < -0.3 is 19.3 Å². The number of carbonyl (C=O) groups is 1. The second-order valence-electron chi connectivity index (χ2n) is 7.79. The summed E-state index contributed by atoms with van der Waals surface area (Å²) in [4.78, 5) is 12.5. The van der Waals surface area contributed by atoms with Crippen LogP contribution < -0.4 is 19.6 Å². The van der Waals surface area contributed by atoms with Crippen LogP contribution in [-0.4, -0.2) is 58.6 Å². The van der Waals surface area contributed by atoms with Gasteiger partial charge in [-0.15, -0.1) is 10.2 Å². The Labute approximate surface area is 224 Å². The third kappa shape index (κ3) is 6.24. The smallest absolute Gasteiger partial charge is 0.250 e. The van der Waals surface area contributed by atoms with Crippen LogP contribution in [0.1, 0.15) is 12.5 Å². The number of ether oxygens (including phenoxy) is 3. The molecule has 0 radical (unpaired) electrons. The number of hydrogen-bond acceptors (Lipinski definition) is 9. The number of hydrazone groups is 1. The molecule has 0 spiro atoms. The molecular formula is C27H27N5O5S. The number of carbonyl (C=O) groups excluding carboxylic acids is 1. The summed E-state index contributed by atoms with van der Waals surface area (Å²) >= 11 is 1.24. The molecule has 0 unspecified atom stereocenters. The first kappa shape index (κ1) is 26.6. The van der Waals surface area contributed by atoms with Crippen LogP contribution in [0.2, 0.25) is 0 Å². The highest BCUT2D eigenvalue weighted by atomic mass is 32.2. The van der Waals surface area contributed by atoms with E-state index < -0.39 is 0 Å². The Balaban J connectivity index is 1.49. The molecule has 1 amide bonds. The van der Waals surface area contributed by atoms with Crippen molar-refractivity contribution in [3.8, 4) is 40.1 Å². The van der Waals surface area contributed by atoms with Crippen LogP contribution in [0.15, 0.2) is 77.0 Å². The zero-order valence-electron chi connectivity index (χ0n) is 21.1. The van der Waals surface area contributed by atoms with Crippen molar-refractivity contribution in [1.29, 1.82) is 0 Å². The zero-order chi connectivity index (χ0) is 26.9. The minimum Gasteiger partial charge on any atom is -0.502 e. The van der Waals surface area contributed by atoms with E-state index in [0.717, 1.165) is 17.0 Å². The minimum atomic E-state index is -0.327. The molecule has 0 atom stereocenters. The molecule has 1 heterocycles. The summed E-state index contributed by atoms with van der Waals surface area (Å²) in [7, 11) is 2.87. The van der Waals surface area contributed by atoms with E-state index in [1.165, 1.54) is 32.2 Å². The fourth-order valence-electron chi connectivity index (χ4n) is 3.56. The lowest BCUT2D eigenvalue weighted by atomic mass is 10.2. The van der Waals surface area contributed by atoms with Gasteiger partial charge in [0.2, 0.25) is 5.75 Å². The maximum atomic E-state index is 12.5. The molecule has 0 bridgehead atoms. The SMILES string of the molecule is CCOc1ccc(-n2c(SCC(=O)N/N=C\c3cc(OC)c(O)c(OC)c3)nnc2-c2ccccc2)cc1. The molecule has 0 saturated heterocycles. The Morgan fingerprint density at radius 3 is 2.37 bits per heavy atom. The molecule has 0 aliphatic heterocycles. The Hall–Kier alpha value is -4.51. The number of phenols is 1. The van der Waals surface area contributed by atoms with Crippen molar-refractivity contribution in [1.82, 2.24) is 20.2 Å². The molecule has 4 aromatic rings. The van der Waals surface area contributed by atoms with Gasteiger partial charge >= 0.3 is 0 Å². The molecule has 196 valence electrons. The lowest BCUT2D eigenvalue weighted by Gasteiger charge is -2.11. The lowest BCUT2D eigenvalue weighted by molar-refractivity contribution is -0.118. The maximum absolute atomic E-state index is 12.5. The Morgan fingerprint density at radius 2 is 1.74 bits per heavy atom. The predicted octanol–water partition coefficient (Wildman–Crippen LogP) is 4.30. The van der Waals surface area contributed by atoms with Crippen LogP contribution in [0, 0.1) is 0 Å². The third-order valence-electron chi connectivity index (χ3n) is 5.31. The van der Waals surface area contributed by atoms with E-state index in [9.17, 15) is 9.90 Å². The molecule has 38 heavy (non-hydrogen) atoms. The number of nitrogens with one attached hydrogen (secondary N) is 1. The highest BCUT2D eigenvalue weighted by molar-refractivity contribution is 7.99. The van der Waals surface area contributed by atoms with Crippen LogP contribution >= 0.6 is 11.8 Å². The number of amides is 1. The summed E-state index contributed by atoms with van der Waals surface area (Å²) in [6, 6.07) is 20.5. The summed E-state index contributed by atoms with van der Waals surface area (Å²) in [5.74, 6) is 1.51. The second kappa shape index (κ2) is 12.6. The molecular weight excluding hydrogens is 506 g/mol. The molecule has 1 aromatic heterocycles. The van der Waals surface area contributed by atoms with Gasteiger partial charge in [0.25, 0.3) is 5.91 Å². The van der Waals surface area contributed by atoms with E-state index in [-0.39, 0.29) is 28.9 Å². The van der Waals surface area contributed by atoms with E-state index in [0.29, 0.717) is 23.2 Å². The minimum absolute atomic E-state index is 0.0590. The van der Waals surface area contributed by atoms with E-state index in [1.807, 2.05) is 66.1 Å². The second-order valence-corrected chi connectivity index (χ2v) is 8.73. The van der Waals surface area contributed by atoms with Gasteiger partial charge in [-0.1, -0.05) is 42.1 Å². The van der Waals surface area contributed by atoms with E-state index in [2.05, 4.69) is 20.7 Å². The van der Waals surface area contributed by atoms with Gasteiger partial charge in [-0.05, 0) is 43.3 Å². The first-order valence-corrected chi connectivity index (χ1v) is 12.7. The van der Waals surface area contributed by atoms with Crippen molar-refractivity contribution < 1.29 is 24.1 Å². The average Bonchev–Trinajstić information content (AvgIpc) is 3.37. The fourth-order valence-corrected chi connectivity index (χ4v) is 4.30. The maximum Gasteiger partial charge on any atom is 0.250 e. The van der Waals surface area contributed by atoms with Crippen LogP contribution in [-0.2, 0) is 4.79 Å². The highest BCUT2D eigenvalue weighted by Crippen LogP contribution is 2.36. The van der Waals surface area contributed by atoms with Gasteiger partial charge in [-0.25, -0.2) is 5.43 Å². The van der Waals surface area contributed by atoms with Crippen LogP contribution in [0.4, 0.5) is 0 Å². The summed E-state index contributed by atoms with van der Waals surface area (Å²) in [5, 5.41) is 23.3. The summed E-state index contributed by atoms with van der Waals surface area (Å²) in [6.07, 6.45) is 1.43. The van der Waals surface area contributed by atoms with Gasteiger partial charge in [-0.3, -0.25) is 9.36 Å². The summed E-state index contributed by atoms with van der Waals surface area (Å²) < 4.78 is 17.7. The number of aromatic hydroxyl groups is 1. The van der Waals surface area contributed by atoms with Gasteiger partial charge in [-0.2, -0.15) is 5.10 Å². The van der Waals surface area contributed by atoms with Crippen molar-refractivity contribution in [2.45, 2.75) is 12.1 Å². The number of phenolic OH excluding ortho intramolecular Hbond substituents is 1. The van der Waals surface area contributed by atoms with Crippen LogP contribution in [0.5, 0.6) is 23.0 Å². The topological polar surface area (TPSA) is 120 Å². The zero-order valence-corrected chi connectivity index (χ0v) is 21.9. The number of hydrogen-bond donors (Lipinski definition) is 2. The van der Waals surface area contributed by atoms with E-state index in [1.54, 1.807) is 12.1 Å². The normalized spacial score (nSPS) is 10.9. The van der Waals surface area contributed by atoms with Crippen molar-refractivity contribution >= 4 is 23.9 Å². The monoisotopic (exact) mass is 533 g/mol. The molecule has 0 fully saturated rings. The number of nitrogens with zero attached hydrogens (tertiary/aromatic N) is 4. The summed E-state index contributed by atoms with van der Waals surface area (Å²) in [6.45, 7) is 2.51. The standard InChI is InChI=1S/C27H27N5O5S/c1-4-37-21-12-10-20(11-13-21)32-26(19-8-6-5-7-9-19)30-31-27(32)38-17-24(33)29-28-16-18-14-22(35-2)25(34)23(15-18)36-3/h5-16,34H,4,17H2,1-3H3,(H,29,33)/b28-16-. The summed E-state index contributed by atoms with van der Waals surface area (Å²) in [5.41, 5.74) is 4.82. The van der Waals surface area contributed by atoms with Gasteiger partial charge in [0.15, 0.2) is 22.5 Å². The third-order valence-corrected chi connectivity index (χ3v) is 6.24. The molecule has 0 aliphatic rings. The first-order chi connectivity index (χ1) is 18.5. The first-order valence-electron chi connectivity index (χ1n) is 11.7. The van der Waals surface area contributed by atoms with E-state index in [4.69, 9.17) is 14.2 Å². The van der Waals surface area contributed by atoms with Crippen molar-refractivity contribution in [2.75, 3.05) is 26.6 Å². The number of rotatable bonds is 11. The van der Waals surface area contributed by atoms with Crippen LogP contribution in [0.3, 0.4) is 0 Å². The van der Waals surface area contributed by atoms with Crippen molar-refractivity contribution in [3.05, 3.63) is 72.3 Å². The van der Waals surface area contributed by atoms with Gasteiger partial charge in [0.1, 0.15) is 5.75 Å². The highest BCUT2D eigenvalue weighted by Gasteiger charge is 2.17. The van der Waals surface area contributed by atoms with Crippen molar-refractivity contribution in [2.24, 2.45) is 5.10 Å². The Morgan fingerprint density at radius 1 is 1.05 bits per heavy atom. The Bertz CT molecular complexity index is 1380. The molecule has 0 aliphatic carbocycles. The number of thioether (sulfide) groups is 1.